The highest BCUT2D eigenvalue weighted by Gasteiger charge is 2.23. The van der Waals surface area contributed by atoms with Gasteiger partial charge in [-0.2, -0.15) is 0 Å². The lowest BCUT2D eigenvalue weighted by atomic mass is 10.3. The van der Waals surface area contributed by atoms with E-state index in [1.165, 1.54) is 17.1 Å². The van der Waals surface area contributed by atoms with Crippen molar-refractivity contribution in [1.29, 1.82) is 0 Å². The predicted molar refractivity (Wildman–Crippen MR) is 54.0 cm³/mol. The van der Waals surface area contributed by atoms with Crippen molar-refractivity contribution in [2.24, 2.45) is 0 Å². The Morgan fingerprint density at radius 3 is 2.29 bits per heavy atom. The summed E-state index contributed by atoms with van der Waals surface area (Å²) in [6, 6.07) is 0. The van der Waals surface area contributed by atoms with Crippen molar-refractivity contribution in [2.75, 3.05) is 12.8 Å². The molecule has 78 valence electrons. The van der Waals surface area contributed by atoms with E-state index in [0.717, 1.165) is 0 Å². The fraction of sp³-hybridized carbons (Fsp3) is 0.556. The standard InChI is InChI=1S/C9H13NO3S/c1-7(14(2)13)5-6-10-8(11)3-4-9(10)12/h3-4,7H,5-6H2,1-2H3. The summed E-state index contributed by atoms with van der Waals surface area (Å²) in [6.45, 7) is 2.19. The minimum atomic E-state index is -0.902. The summed E-state index contributed by atoms with van der Waals surface area (Å²) in [5.74, 6) is -0.548. The Hall–Kier alpha value is -0.970. The quantitative estimate of drug-likeness (QED) is 0.623. The number of carbonyl (C=O) groups is 2. The van der Waals surface area contributed by atoms with Crippen molar-refractivity contribution < 1.29 is 13.8 Å². The minimum Gasteiger partial charge on any atom is -0.275 e. The molecule has 1 heterocycles. The maximum Gasteiger partial charge on any atom is 0.253 e. The monoisotopic (exact) mass is 215 g/mol. The second-order valence-electron chi connectivity index (χ2n) is 3.26. The zero-order valence-corrected chi connectivity index (χ0v) is 9.04. The van der Waals surface area contributed by atoms with Crippen LogP contribution >= 0.6 is 0 Å². The fourth-order valence-electron chi connectivity index (χ4n) is 1.13. The molecule has 0 spiro atoms. The van der Waals surface area contributed by atoms with Crippen LogP contribution in [0.5, 0.6) is 0 Å². The van der Waals surface area contributed by atoms with Gasteiger partial charge in [-0.25, -0.2) is 0 Å². The third-order valence-corrected chi connectivity index (χ3v) is 3.60. The van der Waals surface area contributed by atoms with Crippen LogP contribution in [0.3, 0.4) is 0 Å². The van der Waals surface area contributed by atoms with Crippen LogP contribution in [0.25, 0.3) is 0 Å². The lowest BCUT2D eigenvalue weighted by molar-refractivity contribution is -0.136. The van der Waals surface area contributed by atoms with Crippen molar-refractivity contribution in [3.63, 3.8) is 0 Å². The molecule has 0 aliphatic carbocycles. The van der Waals surface area contributed by atoms with Gasteiger partial charge in [-0.1, -0.05) is 6.92 Å². The summed E-state index contributed by atoms with van der Waals surface area (Å²) >= 11 is 0. The van der Waals surface area contributed by atoms with Gasteiger partial charge >= 0.3 is 0 Å². The van der Waals surface area contributed by atoms with Crippen LogP contribution in [-0.4, -0.2) is 39.0 Å². The maximum atomic E-state index is 11.1. The van der Waals surface area contributed by atoms with Crippen LogP contribution in [0, 0.1) is 0 Å². The Balaban J connectivity index is 2.43. The molecule has 0 aromatic heterocycles. The Bertz CT molecular complexity index is 293. The molecule has 5 heteroatoms. The largest absolute Gasteiger partial charge is 0.275 e. The molecule has 1 aliphatic rings. The zero-order valence-electron chi connectivity index (χ0n) is 8.23. The summed E-state index contributed by atoms with van der Waals surface area (Å²) in [6.07, 6.45) is 4.73. The number of rotatable bonds is 4. The second-order valence-corrected chi connectivity index (χ2v) is 5.06. The lowest BCUT2D eigenvalue weighted by Gasteiger charge is -2.15. The molecule has 0 saturated heterocycles. The summed E-state index contributed by atoms with van der Waals surface area (Å²) in [5.41, 5.74) is 0. The van der Waals surface area contributed by atoms with E-state index >= 15 is 0 Å². The van der Waals surface area contributed by atoms with Crippen LogP contribution in [-0.2, 0) is 20.4 Å². The van der Waals surface area contributed by atoms with Crippen LogP contribution < -0.4 is 0 Å². The van der Waals surface area contributed by atoms with Crippen LogP contribution in [0.2, 0.25) is 0 Å². The first kappa shape index (κ1) is 11.1. The van der Waals surface area contributed by atoms with Gasteiger partial charge in [-0.3, -0.25) is 18.7 Å². The summed E-state index contributed by atoms with van der Waals surface area (Å²) in [5, 5.41) is 0.0104. The summed E-state index contributed by atoms with van der Waals surface area (Å²) in [7, 11) is -0.902. The molecule has 0 radical (unpaired) electrons. The first-order valence-corrected chi connectivity index (χ1v) is 6.00. The topological polar surface area (TPSA) is 54.5 Å². The average molecular weight is 215 g/mol. The second kappa shape index (κ2) is 4.50. The van der Waals surface area contributed by atoms with Gasteiger partial charge in [0.1, 0.15) is 0 Å². The van der Waals surface area contributed by atoms with Crippen LogP contribution in [0.1, 0.15) is 13.3 Å². The van der Waals surface area contributed by atoms with Crippen molar-refractivity contribution in [3.8, 4) is 0 Å². The molecule has 0 aromatic rings. The van der Waals surface area contributed by atoms with E-state index in [0.29, 0.717) is 13.0 Å². The van der Waals surface area contributed by atoms with Gasteiger partial charge in [0.25, 0.3) is 11.8 Å². The number of carbonyl (C=O) groups excluding carboxylic acids is 2. The van der Waals surface area contributed by atoms with Crippen molar-refractivity contribution in [3.05, 3.63) is 12.2 Å². The smallest absolute Gasteiger partial charge is 0.253 e. The molecule has 1 aliphatic heterocycles. The van der Waals surface area contributed by atoms with E-state index < -0.39 is 10.8 Å². The van der Waals surface area contributed by atoms with Gasteiger partial charge < -0.3 is 0 Å². The SMILES string of the molecule is CC(CCN1C(=O)C=CC1=O)S(C)=O. The summed E-state index contributed by atoms with van der Waals surface area (Å²) in [4.78, 5) is 23.4. The molecule has 1 rings (SSSR count). The van der Waals surface area contributed by atoms with Gasteiger partial charge in [-0.05, 0) is 6.42 Å². The summed E-state index contributed by atoms with van der Waals surface area (Å²) < 4.78 is 11.0. The molecular formula is C9H13NO3S. The molecule has 2 unspecified atom stereocenters. The zero-order chi connectivity index (χ0) is 10.7. The minimum absolute atomic E-state index is 0.0104. The Labute approximate surface area is 85.4 Å². The van der Waals surface area contributed by atoms with Gasteiger partial charge in [0.05, 0.1) is 0 Å². The van der Waals surface area contributed by atoms with E-state index in [-0.39, 0.29) is 17.1 Å². The molecule has 0 fully saturated rings. The van der Waals surface area contributed by atoms with Crippen molar-refractivity contribution >= 4 is 22.6 Å². The first-order valence-electron chi connectivity index (χ1n) is 4.38. The molecule has 0 N–H and O–H groups in total. The molecule has 14 heavy (non-hydrogen) atoms. The average Bonchev–Trinajstić information content (AvgIpc) is 2.43. The van der Waals surface area contributed by atoms with Crippen LogP contribution in [0.4, 0.5) is 0 Å². The Morgan fingerprint density at radius 1 is 1.36 bits per heavy atom. The van der Waals surface area contributed by atoms with E-state index in [2.05, 4.69) is 0 Å². The normalized spacial score (nSPS) is 20.3. The number of hydrogen-bond donors (Lipinski definition) is 0. The van der Waals surface area contributed by atoms with E-state index in [4.69, 9.17) is 0 Å². The highest BCUT2D eigenvalue weighted by atomic mass is 32.2. The molecule has 0 saturated carbocycles. The third kappa shape index (κ3) is 2.51. The van der Waals surface area contributed by atoms with E-state index in [1.54, 1.807) is 6.26 Å². The molecular weight excluding hydrogens is 202 g/mol. The number of hydrogen-bond acceptors (Lipinski definition) is 3. The molecule has 0 bridgehead atoms. The lowest BCUT2D eigenvalue weighted by Crippen LogP contribution is -2.32. The van der Waals surface area contributed by atoms with Crippen LogP contribution in [0.15, 0.2) is 12.2 Å². The maximum absolute atomic E-state index is 11.1. The molecule has 2 amide bonds. The fourth-order valence-corrected chi connectivity index (χ4v) is 1.57. The number of nitrogens with zero attached hydrogens (tertiary/aromatic N) is 1. The third-order valence-electron chi connectivity index (χ3n) is 2.23. The number of imide groups is 1. The van der Waals surface area contributed by atoms with Gasteiger partial charge in [0, 0.05) is 41.0 Å². The van der Waals surface area contributed by atoms with Gasteiger partial charge in [0.2, 0.25) is 0 Å². The highest BCUT2D eigenvalue weighted by Crippen LogP contribution is 2.07. The molecule has 2 atom stereocenters. The van der Waals surface area contributed by atoms with E-state index in [1.807, 2.05) is 6.92 Å². The number of amides is 2. The van der Waals surface area contributed by atoms with Gasteiger partial charge in [0.15, 0.2) is 0 Å². The highest BCUT2D eigenvalue weighted by molar-refractivity contribution is 7.84. The Kier molecular flexibility index (Phi) is 3.57. The van der Waals surface area contributed by atoms with Crippen molar-refractivity contribution in [2.45, 2.75) is 18.6 Å². The predicted octanol–water partition coefficient (Wildman–Crippen LogP) is 0.0685. The van der Waals surface area contributed by atoms with Crippen molar-refractivity contribution in [1.82, 2.24) is 4.90 Å². The molecule has 0 aromatic carbocycles. The van der Waals surface area contributed by atoms with Gasteiger partial charge in [-0.15, -0.1) is 0 Å². The Morgan fingerprint density at radius 2 is 1.86 bits per heavy atom. The molecule has 4 nitrogen and oxygen atoms in total. The van der Waals surface area contributed by atoms with E-state index in [9.17, 15) is 13.8 Å². The first-order chi connectivity index (χ1) is 6.52.